The molecule has 1 amide bonds. The molecule has 0 saturated carbocycles. The van der Waals surface area contributed by atoms with Crippen LogP contribution in [0.1, 0.15) is 31.0 Å². The molecule has 1 fully saturated rings. The van der Waals surface area contributed by atoms with Gasteiger partial charge in [0.2, 0.25) is 6.10 Å². The lowest BCUT2D eigenvalue weighted by molar-refractivity contribution is -0.166. The summed E-state index contributed by atoms with van der Waals surface area (Å²) in [5.41, 5.74) is 1.74. The van der Waals surface area contributed by atoms with Crippen LogP contribution in [-0.4, -0.2) is 35.0 Å². The van der Waals surface area contributed by atoms with Gasteiger partial charge in [-0.05, 0) is 11.1 Å². The molecule has 1 saturated heterocycles. The second-order valence-corrected chi connectivity index (χ2v) is 6.41. The lowest BCUT2D eigenvalue weighted by Gasteiger charge is -2.28. The van der Waals surface area contributed by atoms with Gasteiger partial charge in [0, 0.05) is 20.4 Å². The molecule has 1 unspecified atom stereocenters. The Labute approximate surface area is 157 Å². The maximum Gasteiger partial charge on any atom is 0.303 e. The second-order valence-electron chi connectivity index (χ2n) is 6.41. The number of hydrogen-bond donors (Lipinski definition) is 0. The van der Waals surface area contributed by atoms with Crippen LogP contribution >= 0.6 is 0 Å². The number of likely N-dealkylation sites (tertiary alicyclic amines) is 1. The third kappa shape index (κ3) is 4.16. The van der Waals surface area contributed by atoms with Gasteiger partial charge in [-0.2, -0.15) is 0 Å². The molecule has 3 atom stereocenters. The Hall–Kier alpha value is -3.15. The van der Waals surface area contributed by atoms with Crippen LogP contribution in [0.25, 0.3) is 0 Å². The standard InChI is InChI=1S/C21H21NO5/c1-14(23)26-19-18(17-11-7-4-8-12-17)22(13-16-9-5-3-6-10-16)21(25)20(19)27-15(2)24/h3-12,18-20H,13H2,1-2H3/t18?,19-,20+/m0/s1. The van der Waals surface area contributed by atoms with Crippen molar-refractivity contribution in [3.63, 3.8) is 0 Å². The number of carbonyl (C=O) groups is 3. The molecule has 0 aromatic heterocycles. The van der Waals surface area contributed by atoms with E-state index < -0.39 is 30.2 Å². The Balaban J connectivity index is 2.03. The fourth-order valence-electron chi connectivity index (χ4n) is 3.37. The zero-order valence-electron chi connectivity index (χ0n) is 15.2. The molecule has 1 aliphatic heterocycles. The lowest BCUT2D eigenvalue weighted by Crippen LogP contribution is -2.36. The summed E-state index contributed by atoms with van der Waals surface area (Å²) in [6.07, 6.45) is -2.08. The van der Waals surface area contributed by atoms with Gasteiger partial charge in [-0.3, -0.25) is 14.4 Å². The third-order valence-electron chi connectivity index (χ3n) is 4.40. The summed E-state index contributed by atoms with van der Waals surface area (Å²) in [5.74, 6) is -1.51. The first-order valence-electron chi connectivity index (χ1n) is 8.71. The van der Waals surface area contributed by atoms with Crippen molar-refractivity contribution in [2.45, 2.75) is 38.6 Å². The fraction of sp³-hybridized carbons (Fsp3) is 0.286. The molecule has 27 heavy (non-hydrogen) atoms. The molecule has 0 N–H and O–H groups in total. The van der Waals surface area contributed by atoms with E-state index in [1.165, 1.54) is 13.8 Å². The predicted octanol–water partition coefficient (Wildman–Crippen LogP) is 2.63. The minimum atomic E-state index is -1.17. The first-order valence-corrected chi connectivity index (χ1v) is 8.71. The molecule has 1 aliphatic rings. The van der Waals surface area contributed by atoms with Gasteiger partial charge in [0.05, 0.1) is 6.04 Å². The molecule has 3 rings (SSSR count). The third-order valence-corrected chi connectivity index (χ3v) is 4.40. The zero-order chi connectivity index (χ0) is 19.4. The molecule has 2 aromatic carbocycles. The Bertz CT molecular complexity index is 821. The highest BCUT2D eigenvalue weighted by molar-refractivity contribution is 5.87. The van der Waals surface area contributed by atoms with Crippen LogP contribution in [0.3, 0.4) is 0 Å². The Morgan fingerprint density at radius 3 is 2.00 bits per heavy atom. The van der Waals surface area contributed by atoms with Gasteiger partial charge in [0.25, 0.3) is 5.91 Å². The van der Waals surface area contributed by atoms with Crippen LogP contribution in [0.15, 0.2) is 60.7 Å². The summed E-state index contributed by atoms with van der Waals surface area (Å²) in [6, 6.07) is 18.2. The second kappa shape index (κ2) is 8.03. The molecule has 2 aromatic rings. The van der Waals surface area contributed by atoms with Gasteiger partial charge in [-0.1, -0.05) is 60.7 Å². The summed E-state index contributed by atoms with van der Waals surface area (Å²) in [6.45, 7) is 2.82. The predicted molar refractivity (Wildman–Crippen MR) is 97.3 cm³/mol. The van der Waals surface area contributed by atoms with Gasteiger partial charge in [0.1, 0.15) is 0 Å². The van der Waals surface area contributed by atoms with Gasteiger partial charge in [0.15, 0.2) is 6.10 Å². The van der Waals surface area contributed by atoms with Crippen LogP contribution in [0, 0.1) is 0 Å². The molecule has 6 nitrogen and oxygen atoms in total. The van der Waals surface area contributed by atoms with Crippen LogP contribution < -0.4 is 0 Å². The van der Waals surface area contributed by atoms with Gasteiger partial charge >= 0.3 is 11.9 Å². The van der Waals surface area contributed by atoms with E-state index in [2.05, 4.69) is 0 Å². The van der Waals surface area contributed by atoms with E-state index in [9.17, 15) is 14.4 Å². The van der Waals surface area contributed by atoms with E-state index in [4.69, 9.17) is 9.47 Å². The lowest BCUT2D eigenvalue weighted by atomic mass is 10.0. The summed E-state index contributed by atoms with van der Waals surface area (Å²) in [7, 11) is 0. The average Bonchev–Trinajstić information content (AvgIpc) is 2.88. The number of amides is 1. The molecule has 140 valence electrons. The number of hydrogen-bond acceptors (Lipinski definition) is 5. The largest absolute Gasteiger partial charge is 0.455 e. The highest BCUT2D eigenvalue weighted by Gasteiger charge is 2.52. The molecule has 1 heterocycles. The van der Waals surface area contributed by atoms with Crippen LogP contribution in [0.4, 0.5) is 0 Å². The molecule has 6 heteroatoms. The minimum Gasteiger partial charge on any atom is -0.455 e. The number of esters is 2. The fourth-order valence-corrected chi connectivity index (χ4v) is 3.37. The summed E-state index contributed by atoms with van der Waals surface area (Å²) in [4.78, 5) is 37.9. The summed E-state index contributed by atoms with van der Waals surface area (Å²) in [5, 5.41) is 0. The van der Waals surface area contributed by atoms with E-state index >= 15 is 0 Å². The van der Waals surface area contributed by atoms with E-state index in [-0.39, 0.29) is 5.91 Å². The number of benzene rings is 2. The number of nitrogens with zero attached hydrogens (tertiary/aromatic N) is 1. The molecule has 0 bridgehead atoms. The van der Waals surface area contributed by atoms with E-state index in [1.54, 1.807) is 4.90 Å². The van der Waals surface area contributed by atoms with Crippen molar-refractivity contribution < 1.29 is 23.9 Å². The maximum absolute atomic E-state index is 13.1. The van der Waals surface area contributed by atoms with Crippen molar-refractivity contribution in [2.75, 3.05) is 0 Å². The Kier molecular flexibility index (Phi) is 5.54. The highest BCUT2D eigenvalue weighted by Crippen LogP contribution is 2.38. The van der Waals surface area contributed by atoms with Crippen LogP contribution in [-0.2, 0) is 30.4 Å². The SMILES string of the molecule is CC(=O)O[C@H]1C(=O)N(Cc2ccccc2)C(c2ccccc2)[C@@H]1OC(C)=O. The van der Waals surface area contributed by atoms with Crippen molar-refractivity contribution in [2.24, 2.45) is 0 Å². The van der Waals surface area contributed by atoms with Crippen molar-refractivity contribution in [1.29, 1.82) is 0 Å². The first kappa shape index (κ1) is 18.6. The summed E-state index contributed by atoms with van der Waals surface area (Å²) < 4.78 is 10.7. The number of carbonyl (C=O) groups excluding carboxylic acids is 3. The normalized spacial score (nSPS) is 21.8. The van der Waals surface area contributed by atoms with Crippen molar-refractivity contribution >= 4 is 17.8 Å². The average molecular weight is 367 g/mol. The first-order chi connectivity index (χ1) is 13.0. The van der Waals surface area contributed by atoms with Crippen molar-refractivity contribution in [1.82, 2.24) is 4.90 Å². The topological polar surface area (TPSA) is 72.9 Å². The van der Waals surface area contributed by atoms with Crippen LogP contribution in [0.5, 0.6) is 0 Å². The molecular weight excluding hydrogens is 346 g/mol. The number of ether oxygens (including phenoxy) is 2. The van der Waals surface area contributed by atoms with Crippen molar-refractivity contribution in [3.05, 3.63) is 71.8 Å². The monoisotopic (exact) mass is 367 g/mol. The maximum atomic E-state index is 13.1. The molecule has 0 radical (unpaired) electrons. The van der Waals surface area contributed by atoms with Gasteiger partial charge in [-0.15, -0.1) is 0 Å². The Morgan fingerprint density at radius 1 is 0.889 bits per heavy atom. The number of rotatable bonds is 5. The molecule has 0 aliphatic carbocycles. The summed E-state index contributed by atoms with van der Waals surface area (Å²) >= 11 is 0. The molecular formula is C21H21NO5. The highest BCUT2D eigenvalue weighted by atomic mass is 16.6. The minimum absolute atomic E-state index is 0.314. The van der Waals surface area contributed by atoms with Gasteiger partial charge in [-0.25, -0.2) is 0 Å². The zero-order valence-corrected chi connectivity index (χ0v) is 15.2. The van der Waals surface area contributed by atoms with Gasteiger partial charge < -0.3 is 14.4 Å². The quantitative estimate of drug-likeness (QED) is 0.760. The van der Waals surface area contributed by atoms with E-state index in [0.717, 1.165) is 11.1 Å². The smallest absolute Gasteiger partial charge is 0.303 e. The van der Waals surface area contributed by atoms with Crippen molar-refractivity contribution in [3.8, 4) is 0 Å². The Morgan fingerprint density at radius 2 is 1.44 bits per heavy atom. The molecule has 0 spiro atoms. The van der Waals surface area contributed by atoms with Crippen LogP contribution in [0.2, 0.25) is 0 Å². The van der Waals surface area contributed by atoms with E-state index in [1.807, 2.05) is 60.7 Å². The van der Waals surface area contributed by atoms with E-state index in [0.29, 0.717) is 6.54 Å².